The van der Waals surface area contributed by atoms with E-state index in [-0.39, 0.29) is 37.5 Å². The molecule has 1 aromatic rings. The van der Waals surface area contributed by atoms with Gasteiger partial charge in [-0.05, 0) is 54.5 Å². The summed E-state index contributed by atoms with van der Waals surface area (Å²) >= 11 is 0. The Hall–Kier alpha value is -2.01. The number of rotatable bonds is 2. The summed E-state index contributed by atoms with van der Waals surface area (Å²) in [4.78, 5) is 19.4. The molecule has 0 unspecified atom stereocenters. The molecule has 0 N–H and O–H groups in total. The van der Waals surface area contributed by atoms with Crippen molar-refractivity contribution in [2.24, 2.45) is 0 Å². The third kappa shape index (κ3) is 5.14. The van der Waals surface area contributed by atoms with Gasteiger partial charge >= 0.3 is 19.4 Å². The Labute approximate surface area is 187 Å². The maximum Gasteiger partial charge on any atom is 0.496 e. The van der Waals surface area contributed by atoms with E-state index in [4.69, 9.17) is 14.0 Å². The predicted molar refractivity (Wildman–Crippen MR) is 115 cm³/mol. The van der Waals surface area contributed by atoms with Crippen molar-refractivity contribution in [3.8, 4) is 0 Å². The number of ether oxygens (including phenoxy) is 1. The zero-order chi connectivity index (χ0) is 24.1. The van der Waals surface area contributed by atoms with E-state index in [1.807, 2.05) is 27.7 Å². The molecule has 1 aromatic heterocycles. The highest BCUT2D eigenvalue weighted by Gasteiger charge is 2.52. The topological polar surface area (TPSA) is 64.1 Å². The molecule has 0 saturated carbocycles. The van der Waals surface area contributed by atoms with Crippen LogP contribution >= 0.6 is 0 Å². The number of piperazine rings is 1. The van der Waals surface area contributed by atoms with Crippen molar-refractivity contribution >= 4 is 24.5 Å². The van der Waals surface area contributed by atoms with Crippen LogP contribution in [0, 0.1) is 0 Å². The minimum Gasteiger partial charge on any atom is -0.444 e. The van der Waals surface area contributed by atoms with Crippen LogP contribution in [0.1, 0.15) is 54.0 Å². The van der Waals surface area contributed by atoms with Crippen LogP contribution in [-0.2, 0) is 20.2 Å². The van der Waals surface area contributed by atoms with E-state index < -0.39 is 41.8 Å². The SMILES string of the molecule is CC(C)(C)OC(=O)N1CCN(c2ncc(B3OC(C)(C)C(C)(C)O3)cc2C(F)(F)F)CC1. The summed E-state index contributed by atoms with van der Waals surface area (Å²) < 4.78 is 58.9. The van der Waals surface area contributed by atoms with Gasteiger partial charge in [-0.2, -0.15) is 13.2 Å². The lowest BCUT2D eigenvalue weighted by molar-refractivity contribution is -0.137. The summed E-state index contributed by atoms with van der Waals surface area (Å²) in [5.41, 5.74) is -2.62. The van der Waals surface area contributed by atoms with Gasteiger partial charge in [0.2, 0.25) is 0 Å². The molecule has 2 aliphatic rings. The van der Waals surface area contributed by atoms with Gasteiger partial charge in [0.05, 0.1) is 16.8 Å². The Morgan fingerprint density at radius 1 is 1.06 bits per heavy atom. The number of alkyl halides is 3. The lowest BCUT2D eigenvalue weighted by Crippen LogP contribution is -2.50. The molecule has 0 spiro atoms. The molecule has 2 fully saturated rings. The molecular formula is C21H31BF3N3O4. The standard InChI is InChI=1S/C21H31BF3N3O4/c1-18(2,3)30-17(29)28-10-8-27(9-11-28)16-15(21(23,24)25)12-14(13-26-16)22-31-19(4,5)20(6,7)32-22/h12-13H,8-11H2,1-7H3. The van der Waals surface area contributed by atoms with Crippen molar-refractivity contribution in [1.82, 2.24) is 9.88 Å². The number of carbonyl (C=O) groups excluding carboxylic acids is 1. The quantitative estimate of drug-likeness (QED) is 0.635. The van der Waals surface area contributed by atoms with E-state index in [2.05, 4.69) is 4.98 Å². The summed E-state index contributed by atoms with van der Waals surface area (Å²) in [6.45, 7) is 13.6. The van der Waals surface area contributed by atoms with Crippen LogP contribution in [0.5, 0.6) is 0 Å². The van der Waals surface area contributed by atoms with Crippen molar-refractivity contribution in [2.75, 3.05) is 31.1 Å². The number of halogens is 3. The molecule has 0 aliphatic carbocycles. The molecule has 3 heterocycles. The van der Waals surface area contributed by atoms with Crippen molar-refractivity contribution in [2.45, 2.75) is 71.4 Å². The Morgan fingerprint density at radius 2 is 1.59 bits per heavy atom. The van der Waals surface area contributed by atoms with Gasteiger partial charge in [-0.3, -0.25) is 0 Å². The van der Waals surface area contributed by atoms with Crippen molar-refractivity contribution in [3.05, 3.63) is 17.8 Å². The highest BCUT2D eigenvalue weighted by molar-refractivity contribution is 6.62. The number of hydrogen-bond donors (Lipinski definition) is 0. The average Bonchev–Trinajstić information content (AvgIpc) is 2.87. The molecule has 0 atom stereocenters. The Bertz CT molecular complexity index is 847. The van der Waals surface area contributed by atoms with Crippen LogP contribution in [0.15, 0.2) is 12.3 Å². The summed E-state index contributed by atoms with van der Waals surface area (Å²) in [7, 11) is -0.938. The molecule has 7 nitrogen and oxygen atoms in total. The van der Waals surface area contributed by atoms with Gasteiger partial charge in [0.25, 0.3) is 0 Å². The maximum atomic E-state index is 13.9. The number of anilines is 1. The van der Waals surface area contributed by atoms with Gasteiger partial charge in [-0.1, -0.05) is 0 Å². The number of pyridine rings is 1. The minimum absolute atomic E-state index is 0.165. The lowest BCUT2D eigenvalue weighted by Gasteiger charge is -2.37. The van der Waals surface area contributed by atoms with E-state index in [9.17, 15) is 18.0 Å². The smallest absolute Gasteiger partial charge is 0.444 e. The fraction of sp³-hybridized carbons (Fsp3) is 0.714. The number of carbonyl (C=O) groups is 1. The van der Waals surface area contributed by atoms with Gasteiger partial charge in [0, 0.05) is 37.8 Å². The molecule has 32 heavy (non-hydrogen) atoms. The van der Waals surface area contributed by atoms with Gasteiger partial charge in [0.15, 0.2) is 0 Å². The maximum absolute atomic E-state index is 13.9. The second kappa shape index (κ2) is 8.09. The fourth-order valence-corrected chi connectivity index (χ4v) is 3.47. The van der Waals surface area contributed by atoms with E-state index in [1.54, 1.807) is 20.8 Å². The first-order chi connectivity index (χ1) is 14.5. The molecule has 0 aromatic carbocycles. The van der Waals surface area contributed by atoms with Gasteiger partial charge in [-0.15, -0.1) is 0 Å². The Kier molecular flexibility index (Phi) is 6.23. The first-order valence-electron chi connectivity index (χ1n) is 10.7. The Morgan fingerprint density at radius 3 is 2.06 bits per heavy atom. The first kappa shape index (κ1) is 24.6. The van der Waals surface area contributed by atoms with Crippen LogP contribution in [0.25, 0.3) is 0 Å². The summed E-state index contributed by atoms with van der Waals surface area (Å²) in [5, 5.41) is 0. The van der Waals surface area contributed by atoms with Crippen molar-refractivity contribution in [1.29, 1.82) is 0 Å². The largest absolute Gasteiger partial charge is 0.496 e. The van der Waals surface area contributed by atoms with Crippen LogP contribution in [0.2, 0.25) is 0 Å². The highest BCUT2D eigenvalue weighted by Crippen LogP contribution is 2.38. The lowest BCUT2D eigenvalue weighted by atomic mass is 9.79. The van der Waals surface area contributed by atoms with Crippen LogP contribution in [0.4, 0.5) is 23.8 Å². The Balaban J connectivity index is 1.79. The van der Waals surface area contributed by atoms with Crippen molar-refractivity contribution in [3.63, 3.8) is 0 Å². The second-order valence-electron chi connectivity index (χ2n) is 10.2. The number of amides is 1. The van der Waals surface area contributed by atoms with Crippen LogP contribution in [0.3, 0.4) is 0 Å². The highest BCUT2D eigenvalue weighted by atomic mass is 19.4. The van der Waals surface area contributed by atoms with Gasteiger partial charge < -0.3 is 23.8 Å². The molecule has 2 aliphatic heterocycles. The number of aromatic nitrogens is 1. The number of hydrogen-bond acceptors (Lipinski definition) is 6. The van der Waals surface area contributed by atoms with E-state index in [0.29, 0.717) is 0 Å². The average molecular weight is 457 g/mol. The zero-order valence-corrected chi connectivity index (χ0v) is 19.7. The van der Waals surface area contributed by atoms with Crippen molar-refractivity contribution < 1.29 is 32.0 Å². The molecule has 0 bridgehead atoms. The molecule has 178 valence electrons. The third-order valence-corrected chi connectivity index (χ3v) is 5.95. The van der Waals surface area contributed by atoms with E-state index >= 15 is 0 Å². The summed E-state index contributed by atoms with van der Waals surface area (Å²) in [6, 6.07) is 1.05. The molecule has 0 radical (unpaired) electrons. The molecule has 11 heteroatoms. The molecule has 3 rings (SSSR count). The molecular weight excluding hydrogens is 426 g/mol. The molecule has 1 amide bonds. The predicted octanol–water partition coefficient (Wildman–Crippen LogP) is 3.46. The normalized spacial score (nSPS) is 21.1. The van der Waals surface area contributed by atoms with E-state index in [0.717, 1.165) is 6.07 Å². The van der Waals surface area contributed by atoms with Gasteiger partial charge in [-0.25, -0.2) is 9.78 Å². The summed E-state index contributed by atoms with van der Waals surface area (Å²) in [6.07, 6.45) is -3.71. The van der Waals surface area contributed by atoms with Crippen LogP contribution < -0.4 is 10.4 Å². The number of nitrogens with zero attached hydrogens (tertiary/aromatic N) is 3. The fourth-order valence-electron chi connectivity index (χ4n) is 3.47. The first-order valence-corrected chi connectivity index (χ1v) is 10.7. The third-order valence-electron chi connectivity index (χ3n) is 5.95. The van der Waals surface area contributed by atoms with Crippen LogP contribution in [-0.4, -0.2) is 66.1 Å². The zero-order valence-electron chi connectivity index (χ0n) is 19.7. The molecule has 2 saturated heterocycles. The second-order valence-corrected chi connectivity index (χ2v) is 10.2. The minimum atomic E-state index is -4.61. The van der Waals surface area contributed by atoms with Gasteiger partial charge in [0.1, 0.15) is 11.4 Å². The van der Waals surface area contributed by atoms with E-state index in [1.165, 1.54) is 16.0 Å². The monoisotopic (exact) mass is 457 g/mol. The summed E-state index contributed by atoms with van der Waals surface area (Å²) in [5.74, 6) is -0.165.